The molecular weight excluding hydrogens is 246 g/mol. The second kappa shape index (κ2) is 5.51. The van der Waals surface area contributed by atoms with Crippen LogP contribution in [-0.4, -0.2) is 6.54 Å². The largest absolute Gasteiger partial charge is 0.469 e. The van der Waals surface area contributed by atoms with Crippen LogP contribution >= 0.6 is 0 Å². The van der Waals surface area contributed by atoms with Gasteiger partial charge in [-0.2, -0.15) is 0 Å². The van der Waals surface area contributed by atoms with Crippen molar-refractivity contribution >= 4 is 10.8 Å². The minimum atomic E-state index is 0.170. The molecule has 0 aliphatic heterocycles. The van der Waals surface area contributed by atoms with E-state index in [4.69, 9.17) is 4.42 Å². The van der Waals surface area contributed by atoms with Gasteiger partial charge in [0.1, 0.15) is 5.76 Å². The smallest absolute Gasteiger partial charge is 0.101 e. The molecule has 102 valence electrons. The summed E-state index contributed by atoms with van der Waals surface area (Å²) < 4.78 is 5.49. The number of rotatable bonds is 4. The van der Waals surface area contributed by atoms with Crippen molar-refractivity contribution in [1.82, 2.24) is 5.32 Å². The van der Waals surface area contributed by atoms with E-state index in [2.05, 4.69) is 60.8 Å². The number of furan rings is 1. The van der Waals surface area contributed by atoms with Crippen molar-refractivity contribution in [3.05, 3.63) is 71.7 Å². The highest BCUT2D eigenvalue weighted by Crippen LogP contribution is 2.29. The second-order valence-electron chi connectivity index (χ2n) is 5.05. The molecule has 1 atom stereocenters. The molecule has 0 aliphatic rings. The first-order chi connectivity index (χ1) is 9.79. The average molecular weight is 265 g/mol. The summed E-state index contributed by atoms with van der Waals surface area (Å²) in [6, 6.07) is 17.3. The maximum absolute atomic E-state index is 5.49. The molecule has 0 saturated carbocycles. The molecule has 1 aromatic heterocycles. The van der Waals surface area contributed by atoms with Gasteiger partial charge in [-0.05, 0) is 35.9 Å². The standard InChI is InChI=1S/C18H19NO/c1-3-19-18(15-11-13(2)20-12-15)17-10-6-8-14-7-4-5-9-16(14)17/h4-12,18-19H,3H2,1-2H3. The third kappa shape index (κ3) is 2.35. The molecule has 2 heteroatoms. The van der Waals surface area contributed by atoms with Gasteiger partial charge in [0, 0.05) is 5.56 Å². The Morgan fingerprint density at radius 3 is 2.65 bits per heavy atom. The predicted octanol–water partition coefficient (Wildman–Crippen LogP) is 4.44. The van der Waals surface area contributed by atoms with Crippen molar-refractivity contribution in [3.8, 4) is 0 Å². The van der Waals surface area contributed by atoms with E-state index in [1.807, 2.05) is 13.2 Å². The minimum absolute atomic E-state index is 0.170. The summed E-state index contributed by atoms with van der Waals surface area (Å²) in [6.07, 6.45) is 1.85. The van der Waals surface area contributed by atoms with Gasteiger partial charge in [-0.15, -0.1) is 0 Å². The number of benzene rings is 2. The Bertz CT molecular complexity index is 709. The van der Waals surface area contributed by atoms with Crippen LogP contribution in [0.5, 0.6) is 0 Å². The number of hydrogen-bond acceptors (Lipinski definition) is 2. The molecule has 1 N–H and O–H groups in total. The Morgan fingerprint density at radius 2 is 1.90 bits per heavy atom. The van der Waals surface area contributed by atoms with E-state index in [1.165, 1.54) is 21.9 Å². The maximum atomic E-state index is 5.49. The van der Waals surface area contributed by atoms with Gasteiger partial charge in [0.25, 0.3) is 0 Å². The Balaban J connectivity index is 2.14. The molecule has 2 nitrogen and oxygen atoms in total. The zero-order chi connectivity index (χ0) is 13.9. The van der Waals surface area contributed by atoms with Crippen LogP contribution in [0.15, 0.2) is 59.2 Å². The topological polar surface area (TPSA) is 25.2 Å². The van der Waals surface area contributed by atoms with Gasteiger partial charge in [-0.3, -0.25) is 0 Å². The summed E-state index contributed by atoms with van der Waals surface area (Å²) in [6.45, 7) is 5.03. The van der Waals surface area contributed by atoms with Crippen LogP contribution < -0.4 is 5.32 Å². The lowest BCUT2D eigenvalue weighted by Crippen LogP contribution is -2.21. The van der Waals surface area contributed by atoms with E-state index in [1.54, 1.807) is 0 Å². The summed E-state index contributed by atoms with van der Waals surface area (Å²) in [5.74, 6) is 0.947. The Morgan fingerprint density at radius 1 is 1.10 bits per heavy atom. The fourth-order valence-electron chi connectivity index (χ4n) is 2.73. The van der Waals surface area contributed by atoms with Gasteiger partial charge in [0.05, 0.1) is 12.3 Å². The van der Waals surface area contributed by atoms with Gasteiger partial charge in [-0.1, -0.05) is 49.4 Å². The van der Waals surface area contributed by atoms with E-state index < -0.39 is 0 Å². The van der Waals surface area contributed by atoms with Crippen molar-refractivity contribution in [3.63, 3.8) is 0 Å². The molecule has 0 aliphatic carbocycles. The molecule has 0 saturated heterocycles. The van der Waals surface area contributed by atoms with E-state index >= 15 is 0 Å². The fourth-order valence-corrected chi connectivity index (χ4v) is 2.73. The molecule has 3 aromatic rings. The summed E-state index contributed by atoms with van der Waals surface area (Å²) in [4.78, 5) is 0. The lowest BCUT2D eigenvalue weighted by Gasteiger charge is -2.19. The van der Waals surface area contributed by atoms with Crippen molar-refractivity contribution < 1.29 is 4.42 Å². The van der Waals surface area contributed by atoms with Gasteiger partial charge in [0.15, 0.2) is 0 Å². The fraction of sp³-hybridized carbons (Fsp3) is 0.222. The average Bonchev–Trinajstić information content (AvgIpc) is 2.91. The summed E-state index contributed by atoms with van der Waals surface area (Å²) in [5, 5.41) is 6.12. The number of fused-ring (bicyclic) bond motifs is 1. The van der Waals surface area contributed by atoms with Crippen molar-refractivity contribution in [2.24, 2.45) is 0 Å². The third-order valence-corrected chi connectivity index (χ3v) is 3.63. The molecule has 20 heavy (non-hydrogen) atoms. The Hall–Kier alpha value is -2.06. The summed E-state index contributed by atoms with van der Waals surface area (Å²) >= 11 is 0. The number of hydrogen-bond donors (Lipinski definition) is 1. The molecule has 2 aromatic carbocycles. The van der Waals surface area contributed by atoms with Crippen LogP contribution in [0.25, 0.3) is 10.8 Å². The first-order valence-corrected chi connectivity index (χ1v) is 7.05. The molecule has 3 rings (SSSR count). The Labute approximate surface area is 119 Å². The van der Waals surface area contributed by atoms with Crippen molar-refractivity contribution in [2.75, 3.05) is 6.54 Å². The molecule has 0 amide bonds. The lowest BCUT2D eigenvalue weighted by molar-refractivity contribution is 0.526. The SMILES string of the molecule is CCNC(c1coc(C)c1)c1cccc2ccccc12. The Kier molecular flexibility index (Phi) is 3.57. The molecular formula is C18H19NO. The quantitative estimate of drug-likeness (QED) is 0.754. The highest BCUT2D eigenvalue weighted by Gasteiger charge is 2.17. The first kappa shape index (κ1) is 12.9. The highest BCUT2D eigenvalue weighted by atomic mass is 16.3. The van der Waals surface area contributed by atoms with Gasteiger partial charge in [0.2, 0.25) is 0 Å². The van der Waals surface area contributed by atoms with Crippen LogP contribution in [0, 0.1) is 6.92 Å². The predicted molar refractivity (Wildman–Crippen MR) is 82.9 cm³/mol. The van der Waals surface area contributed by atoms with Crippen LogP contribution in [-0.2, 0) is 0 Å². The summed E-state index contributed by atoms with van der Waals surface area (Å²) in [5.41, 5.74) is 2.48. The maximum Gasteiger partial charge on any atom is 0.101 e. The van der Waals surface area contributed by atoms with Crippen LogP contribution in [0.3, 0.4) is 0 Å². The molecule has 1 unspecified atom stereocenters. The summed E-state index contributed by atoms with van der Waals surface area (Å²) in [7, 11) is 0. The molecule has 0 bridgehead atoms. The van der Waals surface area contributed by atoms with Gasteiger partial charge >= 0.3 is 0 Å². The van der Waals surface area contributed by atoms with Crippen molar-refractivity contribution in [2.45, 2.75) is 19.9 Å². The normalized spacial score (nSPS) is 12.7. The van der Waals surface area contributed by atoms with E-state index in [0.29, 0.717) is 0 Å². The number of nitrogens with one attached hydrogen (secondary N) is 1. The van der Waals surface area contributed by atoms with E-state index in [-0.39, 0.29) is 6.04 Å². The zero-order valence-electron chi connectivity index (χ0n) is 11.9. The molecule has 0 fully saturated rings. The van der Waals surface area contributed by atoms with Crippen molar-refractivity contribution in [1.29, 1.82) is 0 Å². The monoisotopic (exact) mass is 265 g/mol. The third-order valence-electron chi connectivity index (χ3n) is 3.63. The zero-order valence-corrected chi connectivity index (χ0v) is 11.9. The lowest BCUT2D eigenvalue weighted by atomic mass is 9.95. The second-order valence-corrected chi connectivity index (χ2v) is 5.05. The molecule has 1 heterocycles. The van der Waals surface area contributed by atoms with E-state index in [0.717, 1.165) is 12.3 Å². The first-order valence-electron chi connectivity index (χ1n) is 7.05. The minimum Gasteiger partial charge on any atom is -0.469 e. The van der Waals surface area contributed by atoms with Crippen LogP contribution in [0.1, 0.15) is 29.9 Å². The molecule has 0 spiro atoms. The van der Waals surface area contributed by atoms with Gasteiger partial charge < -0.3 is 9.73 Å². The van der Waals surface area contributed by atoms with Crippen LogP contribution in [0.2, 0.25) is 0 Å². The van der Waals surface area contributed by atoms with Crippen LogP contribution in [0.4, 0.5) is 0 Å². The van der Waals surface area contributed by atoms with Gasteiger partial charge in [-0.25, -0.2) is 0 Å². The highest BCUT2D eigenvalue weighted by molar-refractivity contribution is 5.86. The van der Waals surface area contributed by atoms with E-state index in [9.17, 15) is 0 Å². The number of aryl methyl sites for hydroxylation is 1. The molecule has 0 radical (unpaired) electrons.